The largest absolute Gasteiger partial charge is 0.468 e. The maximum absolute atomic E-state index is 11.4. The van der Waals surface area contributed by atoms with Crippen molar-refractivity contribution in [2.45, 2.75) is 38.5 Å². The lowest BCUT2D eigenvalue weighted by Gasteiger charge is -2.20. The second-order valence-electron chi connectivity index (χ2n) is 4.01. The van der Waals surface area contributed by atoms with Gasteiger partial charge in [0.25, 0.3) is 0 Å². The number of methoxy groups -OCH3 is 1. The summed E-state index contributed by atoms with van der Waals surface area (Å²) in [6.07, 6.45) is 0. The van der Waals surface area contributed by atoms with Crippen LogP contribution in [-0.2, 0) is 24.4 Å². The molecule has 0 aromatic carbocycles. The quantitative estimate of drug-likeness (QED) is 0.559. The Morgan fingerprint density at radius 2 is 1.80 bits per heavy atom. The maximum atomic E-state index is 11.4. The van der Waals surface area contributed by atoms with Gasteiger partial charge in [0.05, 0.1) is 12.7 Å². The van der Waals surface area contributed by atoms with Crippen molar-refractivity contribution in [3.63, 3.8) is 0 Å². The van der Waals surface area contributed by atoms with Crippen molar-refractivity contribution in [2.24, 2.45) is 0 Å². The zero-order chi connectivity index (χ0) is 12.3. The molecule has 0 bridgehead atoms. The van der Waals surface area contributed by atoms with E-state index in [4.69, 9.17) is 4.84 Å². The minimum absolute atomic E-state index is 0.664. The number of hydrogen-bond donors (Lipinski definition) is 1. The van der Waals surface area contributed by atoms with E-state index in [9.17, 15) is 13.2 Å². The monoisotopic (exact) mass is 239 g/mol. The first-order valence-electron chi connectivity index (χ1n) is 4.36. The second-order valence-corrected chi connectivity index (χ2v) is 5.97. The first-order valence-corrected chi connectivity index (χ1v) is 5.91. The van der Waals surface area contributed by atoms with E-state index in [1.165, 1.54) is 6.92 Å². The summed E-state index contributed by atoms with van der Waals surface area (Å²) in [6.45, 7) is 6.26. The van der Waals surface area contributed by atoms with Crippen LogP contribution in [0.2, 0.25) is 0 Å². The fourth-order valence-electron chi connectivity index (χ4n) is 0.548. The van der Waals surface area contributed by atoms with Gasteiger partial charge in [-0.2, -0.15) is 0 Å². The predicted molar refractivity (Wildman–Crippen MR) is 54.4 cm³/mol. The Morgan fingerprint density at radius 1 is 1.33 bits per heavy atom. The molecule has 0 aliphatic rings. The van der Waals surface area contributed by atoms with Gasteiger partial charge in [0.15, 0.2) is 5.25 Å². The SMILES string of the molecule is COC(=O)C(C)S(=O)(=O)NOC(C)(C)C. The van der Waals surface area contributed by atoms with E-state index in [1.807, 2.05) is 4.89 Å². The molecule has 0 fully saturated rings. The number of nitrogens with one attached hydrogen (secondary N) is 1. The summed E-state index contributed by atoms with van der Waals surface area (Å²) in [6, 6.07) is 0. The second kappa shape index (κ2) is 4.91. The van der Waals surface area contributed by atoms with Crippen LogP contribution < -0.4 is 4.89 Å². The Morgan fingerprint density at radius 3 is 2.13 bits per heavy atom. The van der Waals surface area contributed by atoms with Crippen LogP contribution in [0.25, 0.3) is 0 Å². The molecule has 0 saturated carbocycles. The Hall–Kier alpha value is -0.660. The van der Waals surface area contributed by atoms with Crippen LogP contribution >= 0.6 is 0 Å². The average molecular weight is 239 g/mol. The molecule has 7 heteroatoms. The molecule has 90 valence electrons. The van der Waals surface area contributed by atoms with Gasteiger partial charge in [-0.15, -0.1) is 0 Å². The molecule has 0 spiro atoms. The van der Waals surface area contributed by atoms with E-state index >= 15 is 0 Å². The summed E-state index contributed by atoms with van der Waals surface area (Å²) < 4.78 is 27.2. The first kappa shape index (κ1) is 14.3. The van der Waals surface area contributed by atoms with E-state index in [0.29, 0.717) is 0 Å². The third-order valence-corrected chi connectivity index (χ3v) is 2.90. The number of esters is 1. The fraction of sp³-hybridized carbons (Fsp3) is 0.875. The molecule has 0 aliphatic carbocycles. The molecule has 0 heterocycles. The Balaban J connectivity index is 4.51. The van der Waals surface area contributed by atoms with Gasteiger partial charge in [-0.1, -0.05) is 4.89 Å². The Kier molecular flexibility index (Phi) is 4.69. The van der Waals surface area contributed by atoms with Crippen LogP contribution in [0.4, 0.5) is 0 Å². The smallest absolute Gasteiger partial charge is 0.325 e. The molecule has 0 rings (SSSR count). The molecule has 1 unspecified atom stereocenters. The van der Waals surface area contributed by atoms with E-state index in [2.05, 4.69) is 4.74 Å². The normalized spacial score (nSPS) is 14.7. The summed E-state index contributed by atoms with van der Waals surface area (Å²) in [7, 11) is -2.73. The maximum Gasteiger partial charge on any atom is 0.325 e. The van der Waals surface area contributed by atoms with E-state index in [0.717, 1.165) is 7.11 Å². The highest BCUT2D eigenvalue weighted by atomic mass is 32.2. The zero-order valence-electron chi connectivity index (χ0n) is 9.53. The minimum atomic E-state index is -3.85. The number of hydrogen-bond acceptors (Lipinski definition) is 5. The van der Waals surface area contributed by atoms with E-state index in [-0.39, 0.29) is 0 Å². The van der Waals surface area contributed by atoms with E-state index < -0.39 is 26.8 Å². The lowest BCUT2D eigenvalue weighted by atomic mass is 10.2. The van der Waals surface area contributed by atoms with Crippen LogP contribution in [0.1, 0.15) is 27.7 Å². The zero-order valence-corrected chi connectivity index (χ0v) is 10.3. The lowest BCUT2D eigenvalue weighted by molar-refractivity contribution is -0.139. The summed E-state index contributed by atoms with van der Waals surface area (Å²) >= 11 is 0. The molecule has 0 saturated heterocycles. The van der Waals surface area contributed by atoms with Crippen molar-refractivity contribution in [3.8, 4) is 0 Å². The molecule has 0 aromatic rings. The molecule has 0 radical (unpaired) electrons. The number of ether oxygens (including phenoxy) is 1. The van der Waals surface area contributed by atoms with Crippen LogP contribution in [0.3, 0.4) is 0 Å². The van der Waals surface area contributed by atoms with Gasteiger partial charge in [0, 0.05) is 0 Å². The number of rotatable bonds is 4. The van der Waals surface area contributed by atoms with Crippen molar-refractivity contribution >= 4 is 16.0 Å². The standard InChI is InChI=1S/C8H17NO5S/c1-6(7(10)13-5)15(11,12)9-14-8(2,3)4/h6,9H,1-5H3. The Bertz CT molecular complexity index is 316. The molecule has 15 heavy (non-hydrogen) atoms. The molecule has 1 N–H and O–H groups in total. The van der Waals surface area contributed by atoms with Gasteiger partial charge < -0.3 is 4.74 Å². The van der Waals surface area contributed by atoms with Crippen molar-refractivity contribution in [1.82, 2.24) is 4.89 Å². The molecule has 0 aromatic heterocycles. The molecule has 0 aliphatic heterocycles. The molecule has 0 amide bonds. The Labute approximate surface area is 89.9 Å². The topological polar surface area (TPSA) is 81.7 Å². The lowest BCUT2D eigenvalue weighted by Crippen LogP contribution is -2.41. The highest BCUT2D eigenvalue weighted by Crippen LogP contribution is 2.07. The predicted octanol–water partition coefficient (Wildman–Crippen LogP) is 0.197. The van der Waals surface area contributed by atoms with Gasteiger partial charge in [0.1, 0.15) is 0 Å². The highest BCUT2D eigenvalue weighted by Gasteiger charge is 2.30. The van der Waals surface area contributed by atoms with Crippen LogP contribution in [0.15, 0.2) is 0 Å². The number of sulfonamides is 1. The van der Waals surface area contributed by atoms with Crippen molar-refractivity contribution < 1.29 is 22.8 Å². The minimum Gasteiger partial charge on any atom is -0.468 e. The average Bonchev–Trinajstić information content (AvgIpc) is 2.11. The van der Waals surface area contributed by atoms with Crippen LogP contribution in [0.5, 0.6) is 0 Å². The van der Waals surface area contributed by atoms with Gasteiger partial charge in [-0.3, -0.25) is 9.63 Å². The van der Waals surface area contributed by atoms with Crippen LogP contribution in [-0.4, -0.2) is 32.3 Å². The van der Waals surface area contributed by atoms with Gasteiger partial charge >= 0.3 is 5.97 Å². The summed E-state index contributed by atoms with van der Waals surface area (Å²) in [4.78, 5) is 17.7. The van der Waals surface area contributed by atoms with Gasteiger partial charge in [0.2, 0.25) is 10.0 Å². The third-order valence-electron chi connectivity index (χ3n) is 1.46. The third kappa shape index (κ3) is 5.10. The van der Waals surface area contributed by atoms with Crippen LogP contribution in [0, 0.1) is 0 Å². The number of carbonyl (C=O) groups is 1. The van der Waals surface area contributed by atoms with E-state index in [1.54, 1.807) is 20.8 Å². The molecule has 1 atom stereocenters. The van der Waals surface area contributed by atoms with Crippen molar-refractivity contribution in [3.05, 3.63) is 0 Å². The van der Waals surface area contributed by atoms with Gasteiger partial charge in [-0.05, 0) is 27.7 Å². The first-order chi connectivity index (χ1) is 6.60. The molecule has 6 nitrogen and oxygen atoms in total. The fourth-order valence-corrected chi connectivity index (χ4v) is 1.41. The highest BCUT2D eigenvalue weighted by molar-refractivity contribution is 7.90. The van der Waals surface area contributed by atoms with Crippen molar-refractivity contribution in [1.29, 1.82) is 0 Å². The molecular weight excluding hydrogens is 222 g/mol. The van der Waals surface area contributed by atoms with Gasteiger partial charge in [-0.25, -0.2) is 8.42 Å². The number of carbonyl (C=O) groups excluding carboxylic acids is 1. The summed E-state index contributed by atoms with van der Waals surface area (Å²) in [5, 5.41) is -1.30. The van der Waals surface area contributed by atoms with Crippen molar-refractivity contribution in [2.75, 3.05) is 7.11 Å². The summed E-state index contributed by atoms with van der Waals surface area (Å²) in [5.74, 6) is -0.833. The molecular formula is C8H17NO5S. The summed E-state index contributed by atoms with van der Waals surface area (Å²) in [5.41, 5.74) is -0.664.